The van der Waals surface area contributed by atoms with E-state index in [2.05, 4.69) is 29.2 Å². The molecule has 0 N–H and O–H groups in total. The Kier molecular flexibility index (Phi) is 4.03. The molecule has 108 valence electrons. The molecule has 3 rings (SSSR count). The fraction of sp³-hybridized carbons (Fsp3) is 0.562. The highest BCUT2D eigenvalue weighted by Crippen LogP contribution is 2.25. The van der Waals surface area contributed by atoms with Gasteiger partial charge in [-0.25, -0.2) is 0 Å². The first-order valence-electron chi connectivity index (χ1n) is 7.34. The smallest absolute Gasteiger partial charge is 0.248 e. The van der Waals surface area contributed by atoms with E-state index >= 15 is 0 Å². The lowest BCUT2D eigenvalue weighted by Gasteiger charge is -2.41. The highest BCUT2D eigenvalue weighted by atomic mass is 16.5. The van der Waals surface area contributed by atoms with Gasteiger partial charge in [0.2, 0.25) is 5.91 Å². The molecule has 4 nitrogen and oxygen atoms in total. The van der Waals surface area contributed by atoms with Crippen LogP contribution in [0.5, 0.6) is 0 Å². The first-order chi connectivity index (χ1) is 9.74. The van der Waals surface area contributed by atoms with Gasteiger partial charge >= 0.3 is 0 Å². The predicted molar refractivity (Wildman–Crippen MR) is 77.2 cm³/mol. The van der Waals surface area contributed by atoms with Crippen molar-refractivity contribution < 1.29 is 9.53 Å². The van der Waals surface area contributed by atoms with E-state index in [1.807, 2.05) is 18.0 Å². The molecule has 0 saturated carbocycles. The van der Waals surface area contributed by atoms with Crippen LogP contribution in [0, 0.1) is 5.92 Å². The Morgan fingerprint density at radius 2 is 2.10 bits per heavy atom. The molecule has 20 heavy (non-hydrogen) atoms. The molecule has 4 heteroatoms. The maximum absolute atomic E-state index is 11.9. The van der Waals surface area contributed by atoms with Gasteiger partial charge in [0.1, 0.15) is 6.61 Å². The van der Waals surface area contributed by atoms with Crippen molar-refractivity contribution in [2.24, 2.45) is 5.92 Å². The van der Waals surface area contributed by atoms with Crippen molar-refractivity contribution in [1.82, 2.24) is 9.80 Å². The maximum Gasteiger partial charge on any atom is 0.248 e. The minimum absolute atomic E-state index is 0.110. The van der Waals surface area contributed by atoms with Crippen LogP contribution in [-0.4, -0.2) is 55.1 Å². The molecular weight excluding hydrogens is 252 g/mol. The van der Waals surface area contributed by atoms with Crippen LogP contribution in [-0.2, 0) is 16.1 Å². The largest absolute Gasteiger partial charge is 0.371 e. The molecule has 0 bridgehead atoms. The number of likely N-dealkylation sites (N-methyl/N-ethyl adjacent to an activating group) is 1. The molecule has 2 fully saturated rings. The topological polar surface area (TPSA) is 32.8 Å². The predicted octanol–water partition coefficient (Wildman–Crippen LogP) is 1.37. The zero-order valence-corrected chi connectivity index (χ0v) is 12.0. The van der Waals surface area contributed by atoms with E-state index in [-0.39, 0.29) is 12.5 Å². The Bertz CT molecular complexity index is 463. The van der Waals surface area contributed by atoms with E-state index in [1.165, 1.54) is 5.56 Å². The maximum atomic E-state index is 11.9. The Labute approximate surface area is 120 Å². The number of nitrogens with zero attached hydrogens (tertiary/aromatic N) is 2. The molecule has 1 aromatic carbocycles. The highest BCUT2D eigenvalue weighted by Gasteiger charge is 2.36. The summed E-state index contributed by atoms with van der Waals surface area (Å²) < 4.78 is 5.49. The van der Waals surface area contributed by atoms with Crippen LogP contribution in [0.1, 0.15) is 12.0 Å². The van der Waals surface area contributed by atoms with Gasteiger partial charge in [-0.15, -0.1) is 0 Å². The third kappa shape index (κ3) is 2.86. The van der Waals surface area contributed by atoms with E-state index in [0.29, 0.717) is 12.0 Å². The molecule has 2 heterocycles. The summed E-state index contributed by atoms with van der Waals surface area (Å²) in [5.41, 5.74) is 1.34. The second-order valence-corrected chi connectivity index (χ2v) is 5.86. The number of likely N-dealkylation sites (tertiary alicyclic amines) is 1. The molecular formula is C16H22N2O2. The van der Waals surface area contributed by atoms with Crippen LogP contribution in [0.2, 0.25) is 0 Å². The van der Waals surface area contributed by atoms with Crippen molar-refractivity contribution in [1.29, 1.82) is 0 Å². The normalized spacial score (nSPS) is 28.1. The monoisotopic (exact) mass is 274 g/mol. The number of hydrogen-bond acceptors (Lipinski definition) is 3. The molecule has 1 aromatic rings. The third-order valence-electron chi connectivity index (χ3n) is 4.50. The summed E-state index contributed by atoms with van der Waals surface area (Å²) >= 11 is 0. The fourth-order valence-electron chi connectivity index (χ4n) is 3.25. The number of amides is 1. The van der Waals surface area contributed by atoms with Gasteiger partial charge in [0, 0.05) is 32.1 Å². The average molecular weight is 274 g/mol. The van der Waals surface area contributed by atoms with Crippen molar-refractivity contribution in [2.75, 3.05) is 33.4 Å². The second-order valence-electron chi connectivity index (χ2n) is 5.86. The molecule has 0 spiro atoms. The molecule has 0 unspecified atom stereocenters. The molecule has 0 aromatic heterocycles. The molecule has 0 aliphatic carbocycles. The van der Waals surface area contributed by atoms with Gasteiger partial charge in [-0.2, -0.15) is 0 Å². The lowest BCUT2D eigenvalue weighted by atomic mass is 9.91. The zero-order chi connectivity index (χ0) is 13.9. The quantitative estimate of drug-likeness (QED) is 0.816. The standard InChI is InChI=1S/C16H22N2O2/c1-17-15-10-18(9-13-5-3-2-4-6-13)8-7-14(15)11-20-12-16(17)19/h2-6,14-15H,7-12H2,1H3/t14-,15-/m0/s1. The number of ether oxygens (including phenoxy) is 1. The van der Waals surface area contributed by atoms with Gasteiger partial charge < -0.3 is 9.64 Å². The summed E-state index contributed by atoms with van der Waals surface area (Å²) in [6.07, 6.45) is 1.11. The van der Waals surface area contributed by atoms with Crippen LogP contribution < -0.4 is 0 Å². The summed E-state index contributed by atoms with van der Waals surface area (Å²) in [4.78, 5) is 16.3. The summed E-state index contributed by atoms with van der Waals surface area (Å²) in [7, 11) is 1.92. The van der Waals surface area contributed by atoms with Crippen LogP contribution in [0.3, 0.4) is 0 Å². The van der Waals surface area contributed by atoms with Gasteiger partial charge in [0.15, 0.2) is 0 Å². The van der Waals surface area contributed by atoms with Crippen LogP contribution in [0.15, 0.2) is 30.3 Å². The van der Waals surface area contributed by atoms with Gasteiger partial charge in [-0.3, -0.25) is 9.69 Å². The van der Waals surface area contributed by atoms with Crippen LogP contribution in [0.25, 0.3) is 0 Å². The summed E-state index contributed by atoms with van der Waals surface area (Å²) in [5, 5.41) is 0. The zero-order valence-electron chi connectivity index (χ0n) is 12.0. The molecule has 2 saturated heterocycles. The van der Waals surface area contributed by atoms with Gasteiger partial charge in [-0.05, 0) is 18.5 Å². The molecule has 0 radical (unpaired) electrons. The average Bonchev–Trinajstić information content (AvgIpc) is 2.61. The van der Waals surface area contributed by atoms with E-state index in [9.17, 15) is 4.79 Å². The van der Waals surface area contributed by atoms with Crippen molar-refractivity contribution in [3.05, 3.63) is 35.9 Å². The van der Waals surface area contributed by atoms with Gasteiger partial charge in [0.05, 0.1) is 6.61 Å². The van der Waals surface area contributed by atoms with E-state index in [1.54, 1.807) is 0 Å². The van der Waals surface area contributed by atoms with E-state index in [0.717, 1.165) is 32.7 Å². The van der Waals surface area contributed by atoms with Crippen molar-refractivity contribution in [2.45, 2.75) is 19.0 Å². The summed E-state index contributed by atoms with van der Waals surface area (Å²) in [6.45, 7) is 3.96. The molecule has 2 aliphatic rings. The number of hydrogen-bond donors (Lipinski definition) is 0. The molecule has 2 aliphatic heterocycles. The highest BCUT2D eigenvalue weighted by molar-refractivity contribution is 5.77. The SMILES string of the molecule is CN1C(=O)COC[C@@H]2CCN(Cc3ccccc3)C[C@@H]21. The fourth-order valence-corrected chi connectivity index (χ4v) is 3.25. The molecule has 2 atom stereocenters. The minimum Gasteiger partial charge on any atom is -0.371 e. The lowest BCUT2D eigenvalue weighted by Crippen LogP contribution is -2.52. The number of fused-ring (bicyclic) bond motifs is 1. The van der Waals surface area contributed by atoms with E-state index in [4.69, 9.17) is 4.74 Å². The number of piperidine rings is 1. The Balaban J connectivity index is 1.67. The lowest BCUT2D eigenvalue weighted by molar-refractivity contribution is -0.134. The Morgan fingerprint density at radius 3 is 2.90 bits per heavy atom. The van der Waals surface area contributed by atoms with Crippen molar-refractivity contribution in [3.8, 4) is 0 Å². The van der Waals surface area contributed by atoms with Gasteiger partial charge in [0.25, 0.3) is 0 Å². The Hall–Kier alpha value is -1.39. The first-order valence-corrected chi connectivity index (χ1v) is 7.34. The molecule has 1 amide bonds. The van der Waals surface area contributed by atoms with Crippen molar-refractivity contribution >= 4 is 5.91 Å². The van der Waals surface area contributed by atoms with Crippen LogP contribution >= 0.6 is 0 Å². The first kappa shape index (κ1) is 13.6. The van der Waals surface area contributed by atoms with Crippen LogP contribution in [0.4, 0.5) is 0 Å². The number of carbonyl (C=O) groups excluding carboxylic acids is 1. The Morgan fingerprint density at radius 1 is 1.30 bits per heavy atom. The number of carbonyl (C=O) groups is 1. The number of rotatable bonds is 2. The van der Waals surface area contributed by atoms with Crippen molar-refractivity contribution in [3.63, 3.8) is 0 Å². The minimum atomic E-state index is 0.110. The third-order valence-corrected chi connectivity index (χ3v) is 4.50. The summed E-state index contributed by atoms with van der Waals surface area (Å²) in [6, 6.07) is 10.8. The van der Waals surface area contributed by atoms with Gasteiger partial charge in [-0.1, -0.05) is 30.3 Å². The second kappa shape index (κ2) is 5.94. The van der Waals surface area contributed by atoms with E-state index < -0.39 is 0 Å². The summed E-state index contributed by atoms with van der Waals surface area (Å²) in [5.74, 6) is 0.595. The number of benzene rings is 1.